The van der Waals surface area contributed by atoms with E-state index in [-0.39, 0.29) is 19.6 Å². The van der Waals surface area contributed by atoms with E-state index in [1.807, 2.05) is 0 Å². The molecule has 0 aliphatic rings. The highest BCUT2D eigenvalue weighted by molar-refractivity contribution is 5.73. The van der Waals surface area contributed by atoms with Crippen molar-refractivity contribution in [1.29, 1.82) is 0 Å². The van der Waals surface area contributed by atoms with E-state index in [0.717, 1.165) is 0 Å². The second-order valence-electron chi connectivity index (χ2n) is 5.27. The summed E-state index contributed by atoms with van der Waals surface area (Å²) >= 11 is 0. The molecule has 0 atom stereocenters. The van der Waals surface area contributed by atoms with Crippen molar-refractivity contribution in [1.82, 2.24) is 0 Å². The van der Waals surface area contributed by atoms with E-state index in [2.05, 4.69) is 4.74 Å². The number of para-hydroxylation sites is 1. The van der Waals surface area contributed by atoms with Crippen LogP contribution in [-0.2, 0) is 14.3 Å². The highest BCUT2D eigenvalue weighted by Gasteiger charge is 2.28. The molecule has 0 aromatic heterocycles. The van der Waals surface area contributed by atoms with Crippen LogP contribution in [0.1, 0.15) is 12.8 Å². The zero-order valence-corrected chi connectivity index (χ0v) is 14.1. The van der Waals surface area contributed by atoms with E-state index < -0.39 is 53.2 Å². The molecule has 0 N–H and O–H groups in total. The quantitative estimate of drug-likeness (QED) is 0.168. The molecule has 10 heteroatoms. The molecular weight excluding hydrogens is 391 g/mol. The first-order valence-corrected chi connectivity index (χ1v) is 7.86. The molecule has 0 spiro atoms. The topological polar surface area (TPSA) is 61.8 Å². The van der Waals surface area contributed by atoms with Gasteiger partial charge in [-0.25, -0.2) is 13.2 Å². The molecule has 0 saturated carbocycles. The SMILES string of the molecule is O=C(CCOCCC(=O)Oc1c(F)c(F)c(F)c(F)c1F)Oc1ccccc1. The predicted octanol–water partition coefficient (Wildman–Crippen LogP) is 3.69. The van der Waals surface area contributed by atoms with Crippen molar-refractivity contribution in [2.45, 2.75) is 12.8 Å². The van der Waals surface area contributed by atoms with Crippen LogP contribution in [0.25, 0.3) is 0 Å². The van der Waals surface area contributed by atoms with Crippen molar-refractivity contribution in [2.24, 2.45) is 0 Å². The summed E-state index contributed by atoms with van der Waals surface area (Å²) in [5.74, 6) is -14.5. The molecule has 2 aromatic carbocycles. The Labute approximate surface area is 155 Å². The van der Waals surface area contributed by atoms with Crippen molar-refractivity contribution in [3.05, 3.63) is 59.4 Å². The molecular formula is C18H13F5O5. The van der Waals surface area contributed by atoms with Gasteiger partial charge < -0.3 is 14.2 Å². The fourth-order valence-corrected chi connectivity index (χ4v) is 1.92. The number of rotatable bonds is 8. The number of ether oxygens (including phenoxy) is 3. The Morgan fingerprint density at radius 3 is 1.68 bits per heavy atom. The van der Waals surface area contributed by atoms with Crippen molar-refractivity contribution in [2.75, 3.05) is 13.2 Å². The van der Waals surface area contributed by atoms with E-state index in [1.54, 1.807) is 30.3 Å². The van der Waals surface area contributed by atoms with Crippen molar-refractivity contribution >= 4 is 11.9 Å². The highest BCUT2D eigenvalue weighted by atomic mass is 19.2. The number of hydrogen-bond donors (Lipinski definition) is 0. The smallest absolute Gasteiger partial charge is 0.313 e. The summed E-state index contributed by atoms with van der Waals surface area (Å²) < 4.78 is 79.9. The van der Waals surface area contributed by atoms with Crippen LogP contribution in [0.4, 0.5) is 22.0 Å². The lowest BCUT2D eigenvalue weighted by molar-refractivity contribution is -0.136. The summed E-state index contributed by atoms with van der Waals surface area (Å²) in [5.41, 5.74) is 0. The molecule has 0 aliphatic heterocycles. The van der Waals surface area contributed by atoms with Gasteiger partial charge in [-0.05, 0) is 12.1 Å². The standard InChI is InChI=1S/C18H13F5O5/c19-13-14(20)16(22)18(17(23)15(13)21)28-12(25)7-9-26-8-6-11(24)27-10-4-2-1-3-5-10/h1-5H,6-9H2. The lowest BCUT2D eigenvalue weighted by Gasteiger charge is -2.09. The molecule has 0 bridgehead atoms. The largest absolute Gasteiger partial charge is 0.426 e. The molecule has 28 heavy (non-hydrogen) atoms. The molecule has 0 amide bonds. The second-order valence-corrected chi connectivity index (χ2v) is 5.27. The molecule has 0 radical (unpaired) electrons. The summed E-state index contributed by atoms with van der Waals surface area (Å²) in [4.78, 5) is 23.0. The van der Waals surface area contributed by atoms with Crippen LogP contribution in [0.2, 0.25) is 0 Å². The minimum atomic E-state index is -2.36. The Bertz CT molecular complexity index is 828. The van der Waals surface area contributed by atoms with Crippen molar-refractivity contribution < 1.29 is 45.8 Å². The molecule has 0 heterocycles. The third kappa shape index (κ3) is 5.49. The fraction of sp³-hybridized carbons (Fsp3) is 0.222. The van der Waals surface area contributed by atoms with Gasteiger partial charge in [0, 0.05) is 0 Å². The maximum Gasteiger partial charge on any atom is 0.313 e. The number of benzene rings is 2. The van der Waals surface area contributed by atoms with Gasteiger partial charge in [-0.1, -0.05) is 18.2 Å². The van der Waals surface area contributed by atoms with Crippen LogP contribution in [0, 0.1) is 29.1 Å². The molecule has 150 valence electrons. The van der Waals surface area contributed by atoms with Gasteiger partial charge in [0.05, 0.1) is 26.1 Å². The van der Waals surface area contributed by atoms with Gasteiger partial charge in [-0.2, -0.15) is 8.78 Å². The normalized spacial score (nSPS) is 10.6. The summed E-state index contributed by atoms with van der Waals surface area (Å²) in [6, 6.07) is 8.25. The Morgan fingerprint density at radius 1 is 0.679 bits per heavy atom. The highest BCUT2D eigenvalue weighted by Crippen LogP contribution is 2.29. The zero-order valence-electron chi connectivity index (χ0n) is 14.1. The molecule has 5 nitrogen and oxygen atoms in total. The lowest BCUT2D eigenvalue weighted by atomic mass is 10.2. The minimum absolute atomic E-state index is 0.124. The van der Waals surface area contributed by atoms with Gasteiger partial charge in [0.1, 0.15) is 5.75 Å². The Balaban J connectivity index is 1.74. The maximum atomic E-state index is 13.4. The second kappa shape index (κ2) is 9.79. The Kier molecular flexibility index (Phi) is 7.44. The molecule has 2 rings (SSSR count). The summed E-state index contributed by atoms with van der Waals surface area (Å²) in [6.07, 6.45) is -0.686. The van der Waals surface area contributed by atoms with Gasteiger partial charge >= 0.3 is 11.9 Å². The van der Waals surface area contributed by atoms with Crippen molar-refractivity contribution in [3.8, 4) is 11.5 Å². The summed E-state index contributed by atoms with van der Waals surface area (Å²) in [5, 5.41) is 0. The summed E-state index contributed by atoms with van der Waals surface area (Å²) in [6.45, 7) is -0.436. The third-order valence-corrected chi connectivity index (χ3v) is 3.26. The predicted molar refractivity (Wildman–Crippen MR) is 84.0 cm³/mol. The average Bonchev–Trinajstić information content (AvgIpc) is 2.68. The van der Waals surface area contributed by atoms with E-state index in [1.165, 1.54) is 0 Å². The molecule has 0 fully saturated rings. The number of carbonyl (C=O) groups excluding carboxylic acids is 2. The number of halogens is 5. The van der Waals surface area contributed by atoms with Gasteiger partial charge in [0.2, 0.25) is 34.8 Å². The van der Waals surface area contributed by atoms with E-state index in [0.29, 0.717) is 5.75 Å². The van der Waals surface area contributed by atoms with Gasteiger partial charge in [-0.3, -0.25) is 9.59 Å². The van der Waals surface area contributed by atoms with Crippen LogP contribution in [0.3, 0.4) is 0 Å². The number of esters is 2. The third-order valence-electron chi connectivity index (χ3n) is 3.26. The van der Waals surface area contributed by atoms with Crippen LogP contribution in [0.15, 0.2) is 30.3 Å². The van der Waals surface area contributed by atoms with Crippen LogP contribution < -0.4 is 9.47 Å². The number of carbonyl (C=O) groups is 2. The Morgan fingerprint density at radius 2 is 1.14 bits per heavy atom. The molecule has 0 unspecified atom stereocenters. The molecule has 0 aliphatic carbocycles. The van der Waals surface area contributed by atoms with Crippen LogP contribution in [-0.4, -0.2) is 25.2 Å². The fourth-order valence-electron chi connectivity index (χ4n) is 1.92. The Hall–Kier alpha value is -3.01. The minimum Gasteiger partial charge on any atom is -0.426 e. The first-order chi connectivity index (χ1) is 13.3. The molecule has 2 aromatic rings. The maximum absolute atomic E-state index is 13.4. The first kappa shape index (κ1) is 21.3. The lowest BCUT2D eigenvalue weighted by Crippen LogP contribution is -2.16. The van der Waals surface area contributed by atoms with Gasteiger partial charge in [0.25, 0.3) is 0 Å². The van der Waals surface area contributed by atoms with E-state index in [4.69, 9.17) is 9.47 Å². The van der Waals surface area contributed by atoms with Gasteiger partial charge in [0.15, 0.2) is 0 Å². The van der Waals surface area contributed by atoms with E-state index >= 15 is 0 Å². The average molecular weight is 404 g/mol. The zero-order chi connectivity index (χ0) is 20.7. The first-order valence-electron chi connectivity index (χ1n) is 7.86. The monoisotopic (exact) mass is 404 g/mol. The van der Waals surface area contributed by atoms with Crippen LogP contribution >= 0.6 is 0 Å². The van der Waals surface area contributed by atoms with Crippen molar-refractivity contribution in [3.63, 3.8) is 0 Å². The summed E-state index contributed by atoms with van der Waals surface area (Å²) in [7, 11) is 0. The molecule has 0 saturated heterocycles. The number of hydrogen-bond acceptors (Lipinski definition) is 5. The van der Waals surface area contributed by atoms with Crippen LogP contribution in [0.5, 0.6) is 11.5 Å². The van der Waals surface area contributed by atoms with Gasteiger partial charge in [-0.15, -0.1) is 0 Å². The van der Waals surface area contributed by atoms with E-state index in [9.17, 15) is 31.5 Å².